The summed E-state index contributed by atoms with van der Waals surface area (Å²) in [6, 6.07) is 18.3. The van der Waals surface area contributed by atoms with Crippen LogP contribution in [0.1, 0.15) is 5.56 Å². The lowest BCUT2D eigenvalue weighted by molar-refractivity contribution is -0.116. The normalized spacial score (nSPS) is 14.5. The Hall–Kier alpha value is -3.54. The monoisotopic (exact) mass is 612 g/mol. The Kier molecular flexibility index (Phi) is 7.57. The molecule has 8 nitrogen and oxygen atoms in total. The number of benzene rings is 3. The van der Waals surface area contributed by atoms with Crippen molar-refractivity contribution in [2.24, 2.45) is 0 Å². The number of piperazine rings is 1. The number of nitrogens with zero attached hydrogens (tertiary/aromatic N) is 3. The molecule has 1 aliphatic rings. The Labute approximate surface area is 233 Å². The largest absolute Gasteiger partial charge is 0.367 e. The highest BCUT2D eigenvalue weighted by Crippen LogP contribution is 2.27. The minimum Gasteiger partial charge on any atom is -0.367 e. The van der Waals surface area contributed by atoms with Gasteiger partial charge in [-0.15, -0.1) is 0 Å². The molecule has 202 valence electrons. The van der Waals surface area contributed by atoms with Crippen molar-refractivity contribution in [2.75, 3.05) is 36.4 Å². The molecular formula is C28H26BrFN4O4S. The average molecular weight is 614 g/mol. The van der Waals surface area contributed by atoms with Crippen molar-refractivity contribution in [1.29, 1.82) is 0 Å². The van der Waals surface area contributed by atoms with Gasteiger partial charge in [0.05, 0.1) is 11.4 Å². The summed E-state index contributed by atoms with van der Waals surface area (Å²) < 4.78 is 45.1. The van der Waals surface area contributed by atoms with Crippen LogP contribution >= 0.6 is 15.9 Å². The number of pyridine rings is 1. The number of amides is 1. The molecule has 1 aliphatic heterocycles. The van der Waals surface area contributed by atoms with E-state index >= 15 is 0 Å². The van der Waals surface area contributed by atoms with Crippen molar-refractivity contribution >= 4 is 54.0 Å². The second-order valence-electron chi connectivity index (χ2n) is 9.35. The highest BCUT2D eigenvalue weighted by atomic mass is 79.9. The first-order valence-corrected chi connectivity index (χ1v) is 14.6. The zero-order chi connectivity index (χ0) is 27.7. The molecule has 1 aromatic heterocycles. The first-order valence-electron chi connectivity index (χ1n) is 12.3. The molecule has 1 saturated heterocycles. The third kappa shape index (κ3) is 5.47. The topological polar surface area (TPSA) is 91.7 Å². The van der Waals surface area contributed by atoms with Crippen molar-refractivity contribution in [1.82, 2.24) is 8.87 Å². The molecule has 0 spiro atoms. The Balaban J connectivity index is 1.44. The quantitative estimate of drug-likeness (QED) is 0.349. The van der Waals surface area contributed by atoms with Crippen molar-refractivity contribution in [3.05, 3.63) is 99.1 Å². The Morgan fingerprint density at radius 1 is 0.974 bits per heavy atom. The first-order chi connectivity index (χ1) is 18.6. The van der Waals surface area contributed by atoms with Gasteiger partial charge in [-0.1, -0.05) is 36.4 Å². The molecule has 39 heavy (non-hydrogen) atoms. The molecule has 0 bridgehead atoms. The number of hydrogen-bond donors (Lipinski definition) is 1. The van der Waals surface area contributed by atoms with Crippen LogP contribution in [0.4, 0.5) is 15.8 Å². The second-order valence-corrected chi connectivity index (χ2v) is 12.1. The fourth-order valence-corrected chi connectivity index (χ4v) is 6.95. The van der Waals surface area contributed by atoms with E-state index in [4.69, 9.17) is 0 Å². The summed E-state index contributed by atoms with van der Waals surface area (Å²) in [7, 11) is -4.04. The molecule has 0 unspecified atom stereocenters. The van der Waals surface area contributed by atoms with E-state index in [0.717, 1.165) is 10.1 Å². The number of carbonyl (C=O) groups is 1. The van der Waals surface area contributed by atoms with Crippen molar-refractivity contribution in [3.63, 3.8) is 0 Å². The number of nitrogens with one attached hydrogen (secondary N) is 1. The summed E-state index contributed by atoms with van der Waals surface area (Å²) >= 11 is 3.42. The molecule has 4 aromatic rings. The predicted molar refractivity (Wildman–Crippen MR) is 153 cm³/mol. The van der Waals surface area contributed by atoms with Crippen LogP contribution in [-0.4, -0.2) is 49.4 Å². The number of rotatable bonds is 6. The highest BCUT2D eigenvalue weighted by molar-refractivity contribution is 9.10. The third-order valence-corrected chi connectivity index (χ3v) is 9.30. The number of anilines is 2. The fourth-order valence-electron chi connectivity index (χ4n) is 4.71. The van der Waals surface area contributed by atoms with Gasteiger partial charge in [0.1, 0.15) is 17.3 Å². The van der Waals surface area contributed by atoms with Crippen LogP contribution in [0.5, 0.6) is 0 Å². The maximum Gasteiger partial charge on any atom is 0.258 e. The molecule has 3 aromatic carbocycles. The number of para-hydroxylation sites is 1. The van der Waals surface area contributed by atoms with Gasteiger partial charge in [0.2, 0.25) is 15.9 Å². The lowest BCUT2D eigenvalue weighted by Gasteiger charge is -2.35. The predicted octanol–water partition coefficient (Wildman–Crippen LogP) is 4.36. The summed E-state index contributed by atoms with van der Waals surface area (Å²) in [4.78, 5) is 27.9. The van der Waals surface area contributed by atoms with Crippen molar-refractivity contribution in [3.8, 4) is 0 Å². The molecule has 11 heteroatoms. The Bertz CT molecular complexity index is 1730. The van der Waals surface area contributed by atoms with Crippen LogP contribution in [0, 0.1) is 12.7 Å². The molecular weight excluding hydrogens is 587 g/mol. The van der Waals surface area contributed by atoms with Crippen molar-refractivity contribution in [2.45, 2.75) is 18.4 Å². The molecule has 0 saturated carbocycles. The van der Waals surface area contributed by atoms with Crippen molar-refractivity contribution < 1.29 is 17.6 Å². The zero-order valence-electron chi connectivity index (χ0n) is 21.1. The van der Waals surface area contributed by atoms with Crippen LogP contribution in [0.2, 0.25) is 0 Å². The van der Waals surface area contributed by atoms with Gasteiger partial charge in [-0.2, -0.15) is 4.31 Å². The lowest BCUT2D eigenvalue weighted by Crippen LogP contribution is -2.49. The first kappa shape index (κ1) is 27.0. The van der Waals surface area contributed by atoms with E-state index in [1.165, 1.54) is 16.6 Å². The maximum atomic E-state index is 14.3. The minimum absolute atomic E-state index is 0.0543. The Morgan fingerprint density at radius 2 is 1.64 bits per heavy atom. The lowest BCUT2D eigenvalue weighted by atomic mass is 10.2. The van der Waals surface area contributed by atoms with E-state index in [1.54, 1.807) is 48.5 Å². The molecule has 1 fully saturated rings. The molecule has 5 rings (SSSR count). The summed E-state index contributed by atoms with van der Waals surface area (Å²) in [5, 5.41) is 3.26. The number of fused-ring (bicyclic) bond motifs is 1. The highest BCUT2D eigenvalue weighted by Gasteiger charge is 2.31. The van der Waals surface area contributed by atoms with E-state index in [2.05, 4.69) is 21.2 Å². The van der Waals surface area contributed by atoms with E-state index in [-0.39, 0.29) is 41.1 Å². The van der Waals surface area contributed by atoms with E-state index in [9.17, 15) is 22.4 Å². The van der Waals surface area contributed by atoms with Crippen LogP contribution in [0.15, 0.2) is 87.1 Å². The van der Waals surface area contributed by atoms with Gasteiger partial charge in [0.15, 0.2) is 0 Å². The van der Waals surface area contributed by atoms with E-state index in [1.807, 2.05) is 24.0 Å². The number of aromatic nitrogens is 1. The molecule has 0 radical (unpaired) electrons. The van der Waals surface area contributed by atoms with Gasteiger partial charge < -0.3 is 14.8 Å². The van der Waals surface area contributed by atoms with Crippen LogP contribution < -0.4 is 15.8 Å². The molecule has 2 heterocycles. The van der Waals surface area contributed by atoms with Crippen LogP contribution in [0.3, 0.4) is 0 Å². The van der Waals surface area contributed by atoms with E-state index in [0.29, 0.717) is 28.9 Å². The number of halogens is 2. The van der Waals surface area contributed by atoms with Gasteiger partial charge in [0.25, 0.3) is 5.56 Å². The smallest absolute Gasteiger partial charge is 0.258 e. The average Bonchev–Trinajstić information content (AvgIpc) is 2.92. The van der Waals surface area contributed by atoms with Gasteiger partial charge >= 0.3 is 0 Å². The SMILES string of the molecule is Cc1ccc(NC(=O)Cn2cc(S(=O)(=O)N3CCN(c4ccccc4F)CC3)c3ccccc3c2=O)c(Br)c1. The molecule has 0 atom stereocenters. The number of aryl methyl sites for hydroxylation is 1. The van der Waals surface area contributed by atoms with Crippen LogP contribution in [-0.2, 0) is 21.4 Å². The van der Waals surface area contributed by atoms with Gasteiger partial charge in [-0.3, -0.25) is 9.59 Å². The maximum absolute atomic E-state index is 14.3. The summed E-state index contributed by atoms with van der Waals surface area (Å²) in [5.74, 6) is -0.832. The number of sulfonamides is 1. The molecule has 0 aliphatic carbocycles. The summed E-state index contributed by atoms with van der Waals surface area (Å²) in [6.07, 6.45) is 1.24. The summed E-state index contributed by atoms with van der Waals surface area (Å²) in [5.41, 5.74) is 1.52. The van der Waals surface area contributed by atoms with Gasteiger partial charge in [-0.05, 0) is 58.7 Å². The standard InChI is InChI=1S/C28H26BrFN4O4S/c1-19-10-11-24(22(29)16-19)31-27(35)18-33-17-26(20-6-2-3-7-21(20)28(33)36)39(37,38)34-14-12-32(13-15-34)25-9-5-4-8-23(25)30/h2-11,16-17H,12-15,18H2,1H3,(H,31,35). The molecule has 1 amide bonds. The minimum atomic E-state index is -4.04. The fraction of sp³-hybridized carbons (Fsp3) is 0.214. The zero-order valence-corrected chi connectivity index (χ0v) is 23.5. The van der Waals surface area contributed by atoms with Gasteiger partial charge in [-0.25, -0.2) is 12.8 Å². The van der Waals surface area contributed by atoms with Gasteiger partial charge in [0, 0.05) is 47.6 Å². The van der Waals surface area contributed by atoms with E-state index < -0.39 is 21.5 Å². The third-order valence-electron chi connectivity index (χ3n) is 6.72. The summed E-state index contributed by atoms with van der Waals surface area (Å²) in [6.45, 7) is 2.47. The van der Waals surface area contributed by atoms with Crippen LogP contribution in [0.25, 0.3) is 10.8 Å². The second kappa shape index (κ2) is 10.9. The number of carbonyl (C=O) groups excluding carboxylic acids is 1. The molecule has 1 N–H and O–H groups in total. The number of hydrogen-bond acceptors (Lipinski definition) is 5. The Morgan fingerprint density at radius 3 is 2.33 bits per heavy atom.